The molecule has 1 N–H and O–H groups in total. The van der Waals surface area contributed by atoms with Gasteiger partial charge in [-0.2, -0.15) is 0 Å². The molecule has 0 fully saturated rings. The maximum atomic E-state index is 11.0. The Morgan fingerprint density at radius 3 is 3.00 bits per heavy atom. The Bertz CT molecular complexity index is 750. The average Bonchev–Trinajstić information content (AvgIpc) is 2.93. The summed E-state index contributed by atoms with van der Waals surface area (Å²) >= 11 is 4.92. The number of nitrogens with zero attached hydrogens (tertiary/aromatic N) is 3. The zero-order valence-corrected chi connectivity index (χ0v) is 11.3. The molecular formula is C11H6BrN3O2S. The molecule has 3 rings (SSSR count). The van der Waals surface area contributed by atoms with E-state index in [4.69, 9.17) is 5.11 Å². The number of hydrogen-bond acceptors (Lipinski definition) is 4. The van der Waals surface area contributed by atoms with Crippen LogP contribution in [0.3, 0.4) is 0 Å². The standard InChI is InChI=1S/C11H6BrN3O2S/c12-6-3-8(18-5-6)7-4-15-2-1-13-9(11(16)17)10(15)14-7/h1-5H,(H,16,17). The lowest BCUT2D eigenvalue weighted by Gasteiger charge is -1.95. The molecule has 90 valence electrons. The summed E-state index contributed by atoms with van der Waals surface area (Å²) in [6, 6.07) is 1.94. The van der Waals surface area contributed by atoms with Gasteiger partial charge >= 0.3 is 5.97 Å². The van der Waals surface area contributed by atoms with Crippen LogP contribution in [0.5, 0.6) is 0 Å². The van der Waals surface area contributed by atoms with Crippen molar-refractivity contribution in [2.45, 2.75) is 0 Å². The predicted octanol–water partition coefficient (Wildman–Crippen LogP) is 2.92. The predicted molar refractivity (Wildman–Crippen MR) is 71.0 cm³/mol. The van der Waals surface area contributed by atoms with Crippen LogP contribution in [-0.2, 0) is 0 Å². The van der Waals surface area contributed by atoms with E-state index in [1.54, 1.807) is 28.1 Å². The number of carboxylic acids is 1. The van der Waals surface area contributed by atoms with Crippen LogP contribution in [0.2, 0.25) is 0 Å². The Morgan fingerprint density at radius 2 is 2.33 bits per heavy atom. The van der Waals surface area contributed by atoms with Crippen molar-refractivity contribution in [2.75, 3.05) is 0 Å². The lowest BCUT2D eigenvalue weighted by Crippen LogP contribution is -2.03. The molecule has 0 bridgehead atoms. The summed E-state index contributed by atoms with van der Waals surface area (Å²) in [7, 11) is 0. The number of carboxylic acid groups (broad SMARTS) is 1. The molecule has 0 radical (unpaired) electrons. The second kappa shape index (κ2) is 4.18. The lowest BCUT2D eigenvalue weighted by atomic mass is 10.4. The van der Waals surface area contributed by atoms with Gasteiger partial charge in [0.05, 0.1) is 10.6 Å². The fourth-order valence-electron chi connectivity index (χ4n) is 1.64. The molecular weight excluding hydrogens is 318 g/mol. The van der Waals surface area contributed by atoms with Crippen molar-refractivity contribution in [1.29, 1.82) is 0 Å². The van der Waals surface area contributed by atoms with E-state index in [2.05, 4.69) is 25.9 Å². The molecule has 7 heteroatoms. The first-order chi connectivity index (χ1) is 8.65. The van der Waals surface area contributed by atoms with Crippen LogP contribution in [-0.4, -0.2) is 25.4 Å². The highest BCUT2D eigenvalue weighted by Gasteiger charge is 2.14. The van der Waals surface area contributed by atoms with Gasteiger partial charge in [0.25, 0.3) is 0 Å². The Kier molecular flexibility index (Phi) is 2.64. The number of aromatic nitrogens is 3. The molecule has 0 spiro atoms. The van der Waals surface area contributed by atoms with Gasteiger partial charge in [0.15, 0.2) is 11.3 Å². The second-order valence-corrected chi connectivity index (χ2v) is 5.39. The number of thiophene rings is 1. The van der Waals surface area contributed by atoms with Crippen LogP contribution in [0.25, 0.3) is 16.2 Å². The second-order valence-electron chi connectivity index (χ2n) is 3.57. The number of carbonyl (C=O) groups is 1. The van der Waals surface area contributed by atoms with E-state index < -0.39 is 5.97 Å². The van der Waals surface area contributed by atoms with Crippen molar-refractivity contribution >= 4 is 38.9 Å². The largest absolute Gasteiger partial charge is 0.476 e. The van der Waals surface area contributed by atoms with Crippen LogP contribution in [0, 0.1) is 0 Å². The van der Waals surface area contributed by atoms with E-state index >= 15 is 0 Å². The molecule has 0 amide bonds. The number of aromatic carboxylic acids is 1. The summed E-state index contributed by atoms with van der Waals surface area (Å²) in [5, 5.41) is 11.0. The summed E-state index contributed by atoms with van der Waals surface area (Å²) in [5.41, 5.74) is 1.05. The van der Waals surface area contributed by atoms with E-state index in [-0.39, 0.29) is 5.69 Å². The minimum absolute atomic E-state index is 0.0422. The van der Waals surface area contributed by atoms with Gasteiger partial charge in [-0.3, -0.25) is 0 Å². The smallest absolute Gasteiger partial charge is 0.358 e. The first kappa shape index (κ1) is 11.4. The topological polar surface area (TPSA) is 67.5 Å². The fraction of sp³-hybridized carbons (Fsp3) is 0. The fourth-order valence-corrected chi connectivity index (χ4v) is 3.02. The molecule has 0 aromatic carbocycles. The van der Waals surface area contributed by atoms with Gasteiger partial charge in [0.1, 0.15) is 0 Å². The highest BCUT2D eigenvalue weighted by atomic mass is 79.9. The highest BCUT2D eigenvalue weighted by molar-refractivity contribution is 9.10. The summed E-state index contributed by atoms with van der Waals surface area (Å²) in [4.78, 5) is 20.2. The third kappa shape index (κ3) is 1.81. The first-order valence-electron chi connectivity index (χ1n) is 4.96. The monoisotopic (exact) mass is 323 g/mol. The first-order valence-corrected chi connectivity index (χ1v) is 6.64. The molecule has 3 heterocycles. The highest BCUT2D eigenvalue weighted by Crippen LogP contribution is 2.29. The van der Waals surface area contributed by atoms with Crippen molar-refractivity contribution in [3.8, 4) is 10.6 Å². The van der Waals surface area contributed by atoms with E-state index in [1.165, 1.54) is 6.20 Å². The van der Waals surface area contributed by atoms with Crippen LogP contribution < -0.4 is 0 Å². The van der Waals surface area contributed by atoms with E-state index in [0.29, 0.717) is 5.65 Å². The molecule has 18 heavy (non-hydrogen) atoms. The molecule has 0 saturated carbocycles. The SMILES string of the molecule is O=C(O)c1nccn2cc(-c3cc(Br)cs3)nc12. The van der Waals surface area contributed by atoms with Crippen molar-refractivity contribution in [2.24, 2.45) is 0 Å². The minimum Gasteiger partial charge on any atom is -0.476 e. The summed E-state index contributed by atoms with van der Waals surface area (Å²) in [6.45, 7) is 0. The quantitative estimate of drug-likeness (QED) is 0.787. The minimum atomic E-state index is -1.08. The molecule has 0 unspecified atom stereocenters. The maximum Gasteiger partial charge on any atom is 0.358 e. The van der Waals surface area contributed by atoms with Gasteiger partial charge in [0, 0.05) is 28.4 Å². The van der Waals surface area contributed by atoms with E-state index in [9.17, 15) is 4.79 Å². The number of imidazole rings is 1. The Balaban J connectivity index is 2.22. The summed E-state index contributed by atoms with van der Waals surface area (Å²) < 4.78 is 2.65. The van der Waals surface area contributed by atoms with Crippen molar-refractivity contribution < 1.29 is 9.90 Å². The summed E-state index contributed by atoms with van der Waals surface area (Å²) in [5.74, 6) is -1.08. The zero-order valence-electron chi connectivity index (χ0n) is 8.87. The third-order valence-electron chi connectivity index (χ3n) is 2.40. The molecule has 3 aromatic rings. The van der Waals surface area contributed by atoms with Crippen LogP contribution in [0.1, 0.15) is 10.5 Å². The Hall–Kier alpha value is -1.73. The zero-order chi connectivity index (χ0) is 12.7. The Morgan fingerprint density at radius 1 is 1.50 bits per heavy atom. The van der Waals surface area contributed by atoms with E-state index in [0.717, 1.165) is 15.0 Å². The average molecular weight is 324 g/mol. The van der Waals surface area contributed by atoms with Gasteiger partial charge < -0.3 is 9.51 Å². The molecule has 5 nitrogen and oxygen atoms in total. The normalized spacial score (nSPS) is 10.9. The van der Waals surface area contributed by atoms with Crippen molar-refractivity contribution in [3.05, 3.63) is 40.2 Å². The van der Waals surface area contributed by atoms with Crippen molar-refractivity contribution in [1.82, 2.24) is 14.4 Å². The van der Waals surface area contributed by atoms with Gasteiger partial charge in [-0.25, -0.2) is 14.8 Å². The molecule has 0 aliphatic heterocycles. The molecule has 0 atom stereocenters. The van der Waals surface area contributed by atoms with Crippen molar-refractivity contribution in [3.63, 3.8) is 0 Å². The lowest BCUT2D eigenvalue weighted by molar-refractivity contribution is 0.0692. The van der Waals surface area contributed by atoms with Gasteiger partial charge in [0.2, 0.25) is 0 Å². The molecule has 0 saturated heterocycles. The number of halogens is 1. The number of hydrogen-bond donors (Lipinski definition) is 1. The van der Waals surface area contributed by atoms with Gasteiger partial charge in [-0.15, -0.1) is 11.3 Å². The maximum absolute atomic E-state index is 11.0. The summed E-state index contributed by atoms with van der Waals surface area (Å²) in [6.07, 6.45) is 4.93. The number of fused-ring (bicyclic) bond motifs is 1. The van der Waals surface area contributed by atoms with E-state index in [1.807, 2.05) is 11.4 Å². The molecule has 3 aromatic heterocycles. The molecule has 0 aliphatic rings. The third-order valence-corrected chi connectivity index (χ3v) is 4.11. The van der Waals surface area contributed by atoms with Gasteiger partial charge in [-0.05, 0) is 22.0 Å². The van der Waals surface area contributed by atoms with Crippen LogP contribution in [0.15, 0.2) is 34.5 Å². The van der Waals surface area contributed by atoms with Crippen LogP contribution in [0.4, 0.5) is 0 Å². The van der Waals surface area contributed by atoms with Crippen LogP contribution >= 0.6 is 27.3 Å². The number of rotatable bonds is 2. The van der Waals surface area contributed by atoms with Gasteiger partial charge in [-0.1, -0.05) is 0 Å². The Labute approximate surface area is 114 Å². The molecule has 0 aliphatic carbocycles.